The summed E-state index contributed by atoms with van der Waals surface area (Å²) in [6, 6.07) is -0.972. The summed E-state index contributed by atoms with van der Waals surface area (Å²) >= 11 is 1.77. The van der Waals surface area contributed by atoms with E-state index in [1.165, 1.54) is 51.4 Å². The molecular formula is C22H46N4O2S. The van der Waals surface area contributed by atoms with Gasteiger partial charge >= 0.3 is 0 Å². The Hall–Kier alpha value is -0.790. The van der Waals surface area contributed by atoms with Crippen molar-refractivity contribution in [3.05, 3.63) is 0 Å². The summed E-state index contributed by atoms with van der Waals surface area (Å²) in [5.41, 5.74) is 16.6. The van der Waals surface area contributed by atoms with Gasteiger partial charge in [0.15, 0.2) is 0 Å². The summed E-state index contributed by atoms with van der Waals surface area (Å²) in [5, 5.41) is 0. The number of hydrogen-bond donors (Lipinski definition) is 3. The molecule has 2 amide bonds. The molecule has 172 valence electrons. The standard InChI is InChI=1S/C12H23N3O2S.C10H23N/c1-2-18-8-6-9(13)12(17)15-7-4-3-5-10(15)11(14)16;1-2-3-4-5-6-7-8-9-10-11/h9-10H,2-8,13H2,1H3,(H2,14,16);2-11H2,1H3/t9-,10?;/m0./s1. The number of hydrogen-bond acceptors (Lipinski definition) is 5. The first-order valence-electron chi connectivity index (χ1n) is 11.6. The van der Waals surface area contributed by atoms with Crippen molar-refractivity contribution in [2.45, 2.75) is 103 Å². The summed E-state index contributed by atoms with van der Waals surface area (Å²) in [7, 11) is 0. The highest BCUT2D eigenvalue weighted by molar-refractivity contribution is 7.99. The van der Waals surface area contributed by atoms with E-state index in [9.17, 15) is 9.59 Å². The maximum Gasteiger partial charge on any atom is 0.240 e. The number of unbranched alkanes of at least 4 members (excludes halogenated alkanes) is 7. The Morgan fingerprint density at radius 2 is 1.66 bits per heavy atom. The summed E-state index contributed by atoms with van der Waals surface area (Å²) in [6.45, 7) is 5.80. The van der Waals surface area contributed by atoms with Gasteiger partial charge in [0, 0.05) is 6.54 Å². The first kappa shape index (κ1) is 28.2. The molecule has 1 rings (SSSR count). The minimum absolute atomic E-state index is 0.129. The molecule has 1 unspecified atom stereocenters. The Balaban J connectivity index is 0.000000614. The topological polar surface area (TPSA) is 115 Å². The second-order valence-corrected chi connectivity index (χ2v) is 9.20. The summed E-state index contributed by atoms with van der Waals surface area (Å²) in [6.07, 6.45) is 14.2. The first-order valence-corrected chi connectivity index (χ1v) is 12.8. The quantitative estimate of drug-likeness (QED) is 0.365. The molecule has 1 saturated heterocycles. The highest BCUT2D eigenvalue weighted by Crippen LogP contribution is 2.18. The van der Waals surface area contributed by atoms with Gasteiger partial charge in [0.2, 0.25) is 11.8 Å². The Bertz CT molecular complexity index is 416. The van der Waals surface area contributed by atoms with Crippen LogP contribution in [0, 0.1) is 0 Å². The third-order valence-electron chi connectivity index (χ3n) is 5.27. The van der Waals surface area contributed by atoms with Crippen LogP contribution in [0.5, 0.6) is 0 Å². The average Bonchev–Trinajstić information content (AvgIpc) is 2.73. The molecule has 7 heteroatoms. The molecule has 1 fully saturated rings. The molecule has 0 radical (unpaired) electrons. The first-order chi connectivity index (χ1) is 14.0. The fraction of sp³-hybridized carbons (Fsp3) is 0.909. The molecule has 1 aliphatic heterocycles. The Morgan fingerprint density at radius 3 is 2.21 bits per heavy atom. The number of carbonyl (C=O) groups is 2. The van der Waals surface area contributed by atoms with Crippen LogP contribution in [0.25, 0.3) is 0 Å². The predicted molar refractivity (Wildman–Crippen MR) is 126 cm³/mol. The molecule has 0 aliphatic carbocycles. The zero-order valence-corrected chi connectivity index (χ0v) is 19.7. The molecule has 1 aliphatic rings. The SMILES string of the molecule is CCCCCCCCCCN.CCSCC[C@H](N)C(=O)N1CCCCC1C(N)=O. The van der Waals surface area contributed by atoms with Crippen molar-refractivity contribution in [1.29, 1.82) is 0 Å². The van der Waals surface area contributed by atoms with Crippen LogP contribution in [0.1, 0.15) is 90.9 Å². The molecule has 0 bridgehead atoms. The number of likely N-dealkylation sites (tertiary alicyclic amines) is 1. The largest absolute Gasteiger partial charge is 0.368 e. The van der Waals surface area contributed by atoms with Gasteiger partial charge in [0.1, 0.15) is 6.04 Å². The number of piperidine rings is 1. The molecule has 0 saturated carbocycles. The van der Waals surface area contributed by atoms with Crippen molar-refractivity contribution in [3.63, 3.8) is 0 Å². The van der Waals surface area contributed by atoms with E-state index in [0.717, 1.165) is 30.9 Å². The lowest BCUT2D eigenvalue weighted by molar-refractivity contribution is -0.142. The third-order valence-corrected chi connectivity index (χ3v) is 6.20. The smallest absolute Gasteiger partial charge is 0.240 e. The highest BCUT2D eigenvalue weighted by Gasteiger charge is 2.32. The van der Waals surface area contributed by atoms with E-state index in [4.69, 9.17) is 17.2 Å². The number of nitrogens with two attached hydrogens (primary N) is 3. The van der Waals surface area contributed by atoms with E-state index in [2.05, 4.69) is 13.8 Å². The molecule has 29 heavy (non-hydrogen) atoms. The molecule has 6 nitrogen and oxygen atoms in total. The van der Waals surface area contributed by atoms with E-state index in [1.54, 1.807) is 16.7 Å². The van der Waals surface area contributed by atoms with E-state index in [0.29, 0.717) is 19.4 Å². The fourth-order valence-electron chi connectivity index (χ4n) is 3.46. The van der Waals surface area contributed by atoms with Gasteiger partial charge in [-0.2, -0.15) is 11.8 Å². The average molecular weight is 431 g/mol. The lowest BCUT2D eigenvalue weighted by Gasteiger charge is -2.35. The predicted octanol–water partition coefficient (Wildman–Crippen LogP) is 3.41. The molecule has 0 aromatic rings. The summed E-state index contributed by atoms with van der Waals surface area (Å²) in [4.78, 5) is 25.1. The van der Waals surface area contributed by atoms with Crippen LogP contribution in [0.2, 0.25) is 0 Å². The summed E-state index contributed by atoms with van der Waals surface area (Å²) in [5.74, 6) is 1.35. The van der Waals surface area contributed by atoms with Gasteiger partial charge in [-0.25, -0.2) is 0 Å². The van der Waals surface area contributed by atoms with Gasteiger partial charge in [-0.05, 0) is 50.2 Å². The van der Waals surface area contributed by atoms with Gasteiger partial charge in [-0.3, -0.25) is 9.59 Å². The van der Waals surface area contributed by atoms with Crippen LogP contribution >= 0.6 is 11.8 Å². The maximum atomic E-state index is 12.2. The molecule has 0 aromatic heterocycles. The maximum absolute atomic E-state index is 12.2. The lowest BCUT2D eigenvalue weighted by Crippen LogP contribution is -2.55. The van der Waals surface area contributed by atoms with Crippen molar-refractivity contribution in [3.8, 4) is 0 Å². The van der Waals surface area contributed by atoms with Crippen LogP contribution in [-0.2, 0) is 9.59 Å². The van der Waals surface area contributed by atoms with Crippen molar-refractivity contribution in [1.82, 2.24) is 4.90 Å². The van der Waals surface area contributed by atoms with Crippen molar-refractivity contribution < 1.29 is 9.59 Å². The highest BCUT2D eigenvalue weighted by atomic mass is 32.2. The van der Waals surface area contributed by atoms with Crippen LogP contribution in [0.15, 0.2) is 0 Å². The zero-order chi connectivity index (χ0) is 21.9. The molecule has 6 N–H and O–H groups in total. The number of rotatable bonds is 14. The second kappa shape index (κ2) is 19.2. The van der Waals surface area contributed by atoms with E-state index in [1.807, 2.05) is 0 Å². The van der Waals surface area contributed by atoms with E-state index >= 15 is 0 Å². The fourth-order valence-corrected chi connectivity index (χ4v) is 4.17. The zero-order valence-electron chi connectivity index (χ0n) is 18.9. The van der Waals surface area contributed by atoms with Gasteiger partial charge in [-0.15, -0.1) is 0 Å². The summed E-state index contributed by atoms with van der Waals surface area (Å²) < 4.78 is 0. The lowest BCUT2D eigenvalue weighted by atomic mass is 10.00. The molecule has 2 atom stereocenters. The molecule has 0 aromatic carbocycles. The van der Waals surface area contributed by atoms with Crippen LogP contribution < -0.4 is 17.2 Å². The van der Waals surface area contributed by atoms with Gasteiger partial charge in [0.25, 0.3) is 0 Å². The number of thioether (sulfide) groups is 1. The number of primary amides is 1. The minimum atomic E-state index is -0.510. The normalized spacial score (nSPS) is 17.4. The van der Waals surface area contributed by atoms with E-state index < -0.39 is 18.0 Å². The van der Waals surface area contributed by atoms with Crippen LogP contribution in [0.3, 0.4) is 0 Å². The van der Waals surface area contributed by atoms with Crippen LogP contribution in [0.4, 0.5) is 0 Å². The number of carbonyl (C=O) groups excluding carboxylic acids is 2. The molecule has 1 heterocycles. The Morgan fingerprint density at radius 1 is 1.03 bits per heavy atom. The van der Waals surface area contributed by atoms with E-state index in [-0.39, 0.29) is 5.91 Å². The molecular weight excluding hydrogens is 384 g/mol. The third kappa shape index (κ3) is 13.9. The number of nitrogens with zero attached hydrogens (tertiary/aromatic N) is 1. The molecule has 0 spiro atoms. The van der Waals surface area contributed by atoms with Crippen molar-refractivity contribution in [2.24, 2.45) is 17.2 Å². The van der Waals surface area contributed by atoms with Gasteiger partial charge < -0.3 is 22.1 Å². The van der Waals surface area contributed by atoms with Crippen molar-refractivity contribution in [2.75, 3.05) is 24.6 Å². The van der Waals surface area contributed by atoms with Gasteiger partial charge in [-0.1, -0.05) is 58.8 Å². The van der Waals surface area contributed by atoms with Crippen LogP contribution in [-0.4, -0.2) is 53.4 Å². The second-order valence-electron chi connectivity index (χ2n) is 7.80. The van der Waals surface area contributed by atoms with Gasteiger partial charge in [0.05, 0.1) is 6.04 Å². The Labute approximate surface area is 183 Å². The number of amides is 2. The monoisotopic (exact) mass is 430 g/mol. The minimum Gasteiger partial charge on any atom is -0.368 e. The Kier molecular flexibility index (Phi) is 18.7. The van der Waals surface area contributed by atoms with Crippen molar-refractivity contribution >= 4 is 23.6 Å².